The summed E-state index contributed by atoms with van der Waals surface area (Å²) in [5.74, 6) is 0.175. The number of anilines is 1. The lowest BCUT2D eigenvalue weighted by Crippen LogP contribution is -2.12. The molecule has 0 saturated heterocycles. The number of primary amides is 1. The minimum Gasteiger partial charge on any atom is -0.489 e. The topological polar surface area (TPSA) is 116 Å². The number of carbonyl (C=O) groups is 1. The third-order valence-corrected chi connectivity index (χ3v) is 3.65. The highest BCUT2D eigenvalue weighted by Crippen LogP contribution is 2.30. The summed E-state index contributed by atoms with van der Waals surface area (Å²) in [6.07, 6.45) is 5.08. The number of hydrogen-bond donors (Lipinski definition) is 3. The molecular formula is C18H26N4O3. The van der Waals surface area contributed by atoms with Crippen LogP contribution in [0.25, 0.3) is 11.0 Å². The molecule has 1 aromatic carbocycles. The average molecular weight is 346 g/mol. The molecule has 0 fully saturated rings. The van der Waals surface area contributed by atoms with Gasteiger partial charge in [0, 0.05) is 12.1 Å². The summed E-state index contributed by atoms with van der Waals surface area (Å²) in [7, 11) is 0. The first kappa shape index (κ1) is 18.8. The third kappa shape index (κ3) is 4.73. The number of fused-ring (bicyclic) bond motifs is 1. The van der Waals surface area contributed by atoms with Gasteiger partial charge in [-0.25, -0.2) is 4.98 Å². The smallest absolute Gasteiger partial charge is 0.248 e. The normalized spacial score (nSPS) is 12.2. The number of nitrogens with two attached hydrogens (primary N) is 2. The number of amides is 1. The molecule has 0 bridgehead atoms. The fraction of sp³-hybridized carbons (Fsp3) is 0.444. The summed E-state index contributed by atoms with van der Waals surface area (Å²) >= 11 is 0. The van der Waals surface area contributed by atoms with Crippen LogP contribution in [0.3, 0.4) is 0 Å². The van der Waals surface area contributed by atoms with Crippen LogP contribution in [0.2, 0.25) is 0 Å². The average Bonchev–Trinajstić information content (AvgIpc) is 2.83. The molecule has 2 aromatic rings. The van der Waals surface area contributed by atoms with Gasteiger partial charge in [-0.3, -0.25) is 4.79 Å². The van der Waals surface area contributed by atoms with E-state index in [0.717, 1.165) is 6.42 Å². The van der Waals surface area contributed by atoms with Crippen LogP contribution in [-0.4, -0.2) is 33.8 Å². The number of nitrogen functional groups attached to an aromatic ring is 1. The second-order valence-corrected chi connectivity index (χ2v) is 7.10. The number of rotatable bonds is 7. The van der Waals surface area contributed by atoms with E-state index >= 15 is 0 Å². The highest BCUT2D eigenvalue weighted by Gasteiger charge is 2.16. The molecule has 0 aliphatic rings. The number of benzene rings is 1. The molecule has 136 valence electrons. The van der Waals surface area contributed by atoms with Crippen LogP contribution in [0, 0.1) is 5.41 Å². The van der Waals surface area contributed by atoms with E-state index in [9.17, 15) is 4.79 Å². The van der Waals surface area contributed by atoms with Gasteiger partial charge in [-0.1, -0.05) is 32.9 Å². The van der Waals surface area contributed by atoms with Crippen molar-refractivity contribution in [2.45, 2.75) is 33.7 Å². The number of aliphatic hydroxyl groups excluding tert-OH is 1. The van der Waals surface area contributed by atoms with E-state index in [1.807, 2.05) is 10.6 Å². The van der Waals surface area contributed by atoms with E-state index < -0.39 is 5.91 Å². The number of nitrogens with zero attached hydrogens (tertiary/aromatic N) is 2. The summed E-state index contributed by atoms with van der Waals surface area (Å²) in [6, 6.07) is 3.14. The van der Waals surface area contributed by atoms with Crippen LogP contribution >= 0.6 is 0 Å². The van der Waals surface area contributed by atoms with E-state index in [1.54, 1.807) is 12.1 Å². The van der Waals surface area contributed by atoms with Gasteiger partial charge in [0.25, 0.3) is 0 Å². The van der Waals surface area contributed by atoms with Crippen molar-refractivity contribution in [3.8, 4) is 5.75 Å². The molecule has 0 atom stereocenters. The lowest BCUT2D eigenvalue weighted by molar-refractivity contribution is 0.1000. The van der Waals surface area contributed by atoms with Crippen molar-refractivity contribution in [3.63, 3.8) is 0 Å². The zero-order chi connectivity index (χ0) is 18.6. The predicted molar refractivity (Wildman–Crippen MR) is 98.5 cm³/mol. The van der Waals surface area contributed by atoms with Crippen LogP contribution in [-0.2, 0) is 6.54 Å². The molecule has 5 N–H and O–H groups in total. The van der Waals surface area contributed by atoms with Crippen LogP contribution in [0.15, 0.2) is 24.3 Å². The Kier molecular flexibility index (Phi) is 5.69. The molecule has 7 nitrogen and oxygen atoms in total. The summed E-state index contributed by atoms with van der Waals surface area (Å²) in [6.45, 7) is 7.00. The molecule has 2 rings (SSSR count). The number of ether oxygens (including phenoxy) is 1. The Balaban J connectivity index is 2.42. The van der Waals surface area contributed by atoms with E-state index in [4.69, 9.17) is 21.3 Å². The molecule has 7 heteroatoms. The van der Waals surface area contributed by atoms with Gasteiger partial charge in [0.15, 0.2) is 0 Å². The van der Waals surface area contributed by atoms with Gasteiger partial charge in [0.2, 0.25) is 11.9 Å². The zero-order valence-corrected chi connectivity index (χ0v) is 15.0. The first-order chi connectivity index (χ1) is 11.7. The molecule has 0 spiro atoms. The minimum atomic E-state index is -0.575. The number of aliphatic hydroxyl groups is 1. The van der Waals surface area contributed by atoms with Gasteiger partial charge in [0.1, 0.15) is 17.9 Å². The van der Waals surface area contributed by atoms with Gasteiger partial charge < -0.3 is 25.9 Å². The Bertz CT molecular complexity index is 788. The molecule has 1 amide bonds. The summed E-state index contributed by atoms with van der Waals surface area (Å²) in [5, 5.41) is 9.03. The van der Waals surface area contributed by atoms with Gasteiger partial charge in [-0.2, -0.15) is 0 Å². The second kappa shape index (κ2) is 7.57. The largest absolute Gasteiger partial charge is 0.489 e. The van der Waals surface area contributed by atoms with Crippen molar-refractivity contribution < 1.29 is 14.6 Å². The standard InChI is InChI=1S/C18H26N4O3/c1-18(2,3)6-4-5-7-22-15-13(21-17(22)20)10-12(16(19)24)11-14(15)25-9-8-23/h4-5,10-11,23H,6-9H2,1-3H3,(H2,19,24)(H2,20,21)/b5-4+. The lowest BCUT2D eigenvalue weighted by atomic mass is 9.92. The Morgan fingerprint density at radius 2 is 2.08 bits per heavy atom. The molecule has 0 unspecified atom stereocenters. The molecule has 0 radical (unpaired) electrons. The number of aromatic nitrogens is 2. The second-order valence-electron chi connectivity index (χ2n) is 7.10. The summed E-state index contributed by atoms with van der Waals surface area (Å²) < 4.78 is 7.39. The van der Waals surface area contributed by atoms with E-state index in [-0.39, 0.29) is 24.2 Å². The van der Waals surface area contributed by atoms with Gasteiger partial charge in [-0.05, 0) is 24.0 Å². The van der Waals surface area contributed by atoms with Crippen molar-refractivity contribution in [1.82, 2.24) is 9.55 Å². The van der Waals surface area contributed by atoms with E-state index in [1.165, 1.54) is 0 Å². The fourth-order valence-corrected chi connectivity index (χ4v) is 2.46. The first-order valence-corrected chi connectivity index (χ1v) is 8.21. The predicted octanol–water partition coefficient (Wildman–Crippen LogP) is 2.08. The maximum atomic E-state index is 11.5. The summed E-state index contributed by atoms with van der Waals surface area (Å²) in [4.78, 5) is 15.8. The number of carbonyl (C=O) groups excluding carboxylic acids is 1. The molecule has 0 aliphatic heterocycles. The Morgan fingerprint density at radius 1 is 1.36 bits per heavy atom. The highest BCUT2D eigenvalue weighted by molar-refractivity contribution is 5.98. The SMILES string of the molecule is CC(C)(C)C/C=C/Cn1c(N)nc2cc(C(N)=O)cc(OCCO)c21. The number of imidazole rings is 1. The maximum absolute atomic E-state index is 11.5. The number of allylic oxidation sites excluding steroid dienone is 2. The lowest BCUT2D eigenvalue weighted by Gasteiger charge is -2.14. The Hall–Kier alpha value is -2.54. The number of hydrogen-bond acceptors (Lipinski definition) is 5. The molecule has 1 heterocycles. The maximum Gasteiger partial charge on any atom is 0.248 e. The van der Waals surface area contributed by atoms with E-state index in [2.05, 4.69) is 31.8 Å². The van der Waals surface area contributed by atoms with Gasteiger partial charge >= 0.3 is 0 Å². The van der Waals surface area contributed by atoms with Crippen molar-refractivity contribution in [2.75, 3.05) is 18.9 Å². The van der Waals surface area contributed by atoms with Crippen LogP contribution < -0.4 is 16.2 Å². The van der Waals surface area contributed by atoms with E-state index in [0.29, 0.717) is 29.3 Å². The molecular weight excluding hydrogens is 320 g/mol. The monoisotopic (exact) mass is 346 g/mol. The van der Waals surface area contributed by atoms with Crippen LogP contribution in [0.5, 0.6) is 5.75 Å². The van der Waals surface area contributed by atoms with Crippen molar-refractivity contribution >= 4 is 22.9 Å². The Morgan fingerprint density at radius 3 is 2.68 bits per heavy atom. The van der Waals surface area contributed by atoms with Crippen LogP contribution in [0.4, 0.5) is 5.95 Å². The molecule has 0 aliphatic carbocycles. The molecule has 0 saturated carbocycles. The summed E-state index contributed by atoms with van der Waals surface area (Å²) in [5.41, 5.74) is 13.1. The van der Waals surface area contributed by atoms with Crippen molar-refractivity contribution in [3.05, 3.63) is 29.8 Å². The third-order valence-electron chi connectivity index (χ3n) is 3.65. The zero-order valence-electron chi connectivity index (χ0n) is 15.0. The van der Waals surface area contributed by atoms with Crippen molar-refractivity contribution in [2.24, 2.45) is 11.1 Å². The van der Waals surface area contributed by atoms with Crippen molar-refractivity contribution in [1.29, 1.82) is 0 Å². The van der Waals surface area contributed by atoms with Gasteiger partial charge in [-0.15, -0.1) is 0 Å². The minimum absolute atomic E-state index is 0.0995. The Labute approximate surface area is 147 Å². The highest BCUT2D eigenvalue weighted by atomic mass is 16.5. The first-order valence-electron chi connectivity index (χ1n) is 8.21. The van der Waals surface area contributed by atoms with Crippen LogP contribution in [0.1, 0.15) is 37.6 Å². The van der Waals surface area contributed by atoms with Gasteiger partial charge in [0.05, 0.1) is 12.1 Å². The quantitative estimate of drug-likeness (QED) is 0.664. The molecule has 25 heavy (non-hydrogen) atoms. The fourth-order valence-electron chi connectivity index (χ4n) is 2.46. The molecule has 1 aromatic heterocycles.